The van der Waals surface area contributed by atoms with Gasteiger partial charge in [-0.2, -0.15) is 0 Å². The van der Waals surface area contributed by atoms with Gasteiger partial charge in [-0.25, -0.2) is 0 Å². The number of carbonyl (C=O) groups is 1. The molecule has 1 atom stereocenters. The third-order valence-electron chi connectivity index (χ3n) is 4.36. The fraction of sp³-hybridized carbons (Fsp3) is 0.812. The van der Waals surface area contributed by atoms with Crippen LogP contribution < -0.4 is 22.1 Å². The average Bonchev–Trinajstić information content (AvgIpc) is 2.89. The zero-order chi connectivity index (χ0) is 18.7. The molecule has 0 bridgehead atoms. The van der Waals surface area contributed by atoms with Crippen molar-refractivity contribution in [3.05, 3.63) is 0 Å². The fourth-order valence-electron chi connectivity index (χ4n) is 2.74. The van der Waals surface area contributed by atoms with E-state index in [9.17, 15) is 4.79 Å². The van der Waals surface area contributed by atoms with Crippen LogP contribution in [0.3, 0.4) is 0 Å². The first-order chi connectivity index (χ1) is 11.9. The molecule has 0 aromatic heterocycles. The number of nitrogens with one attached hydrogen (secondary N) is 4. The Morgan fingerprint density at radius 2 is 1.84 bits per heavy atom. The SMILES string of the molecule is CN1CCN(CCCCCCNC(=O)C(N)CCCNC(=N)N)C1=N. The largest absolute Gasteiger partial charge is 0.370 e. The number of likely N-dealkylation sites (N-methyl/N-ethyl adjacent to an activating group) is 1. The number of nitrogens with two attached hydrogens (primary N) is 2. The maximum absolute atomic E-state index is 11.8. The van der Waals surface area contributed by atoms with Gasteiger partial charge in [-0.15, -0.1) is 0 Å². The molecule has 1 fully saturated rings. The normalized spacial score (nSPS) is 15.4. The Morgan fingerprint density at radius 1 is 1.16 bits per heavy atom. The number of hydrogen-bond acceptors (Lipinski definition) is 4. The van der Waals surface area contributed by atoms with Crippen LogP contribution in [0.5, 0.6) is 0 Å². The molecule has 1 rings (SSSR count). The van der Waals surface area contributed by atoms with Gasteiger partial charge in [0, 0.05) is 39.8 Å². The second kappa shape index (κ2) is 11.5. The Bertz CT molecular complexity index is 442. The number of hydrogen-bond donors (Lipinski definition) is 6. The predicted molar refractivity (Wildman–Crippen MR) is 101 cm³/mol. The lowest BCUT2D eigenvalue weighted by molar-refractivity contribution is -0.122. The molecule has 0 radical (unpaired) electrons. The molecule has 0 aromatic rings. The van der Waals surface area contributed by atoms with Crippen molar-refractivity contribution in [2.45, 2.75) is 44.6 Å². The summed E-state index contributed by atoms with van der Waals surface area (Å²) in [4.78, 5) is 15.9. The Labute approximate surface area is 150 Å². The van der Waals surface area contributed by atoms with Gasteiger partial charge >= 0.3 is 0 Å². The van der Waals surface area contributed by atoms with E-state index in [0.717, 1.165) is 45.3 Å². The van der Waals surface area contributed by atoms with Gasteiger partial charge in [0.25, 0.3) is 0 Å². The molecule has 0 aromatic carbocycles. The molecule has 8 N–H and O–H groups in total. The minimum Gasteiger partial charge on any atom is -0.370 e. The molecule has 1 aliphatic rings. The fourth-order valence-corrected chi connectivity index (χ4v) is 2.74. The Hall–Kier alpha value is -2.03. The number of rotatable bonds is 12. The van der Waals surface area contributed by atoms with E-state index >= 15 is 0 Å². The Morgan fingerprint density at radius 3 is 2.48 bits per heavy atom. The van der Waals surface area contributed by atoms with Crippen molar-refractivity contribution >= 4 is 17.8 Å². The number of unbranched alkanes of at least 4 members (excludes halogenated alkanes) is 3. The zero-order valence-corrected chi connectivity index (χ0v) is 15.3. The van der Waals surface area contributed by atoms with E-state index < -0.39 is 6.04 Å². The summed E-state index contributed by atoms with van der Waals surface area (Å²) in [5.74, 6) is 0.447. The van der Waals surface area contributed by atoms with E-state index in [1.165, 1.54) is 0 Å². The van der Waals surface area contributed by atoms with Crippen molar-refractivity contribution in [2.75, 3.05) is 39.8 Å². The van der Waals surface area contributed by atoms with Gasteiger partial charge in [0.05, 0.1) is 6.04 Å². The minimum atomic E-state index is -0.507. The Balaban J connectivity index is 1.95. The molecule has 25 heavy (non-hydrogen) atoms. The van der Waals surface area contributed by atoms with Crippen molar-refractivity contribution in [3.63, 3.8) is 0 Å². The molecule has 1 saturated heterocycles. The van der Waals surface area contributed by atoms with Crippen LogP contribution in [0.2, 0.25) is 0 Å². The monoisotopic (exact) mass is 354 g/mol. The lowest BCUT2D eigenvalue weighted by Crippen LogP contribution is -2.41. The highest BCUT2D eigenvalue weighted by Crippen LogP contribution is 2.08. The van der Waals surface area contributed by atoms with Gasteiger partial charge in [0.15, 0.2) is 11.9 Å². The van der Waals surface area contributed by atoms with Gasteiger partial charge < -0.3 is 31.9 Å². The van der Waals surface area contributed by atoms with Gasteiger partial charge in [0.2, 0.25) is 5.91 Å². The number of amides is 1. The van der Waals surface area contributed by atoms with Gasteiger partial charge in [0.1, 0.15) is 0 Å². The summed E-state index contributed by atoms with van der Waals surface area (Å²) in [6, 6.07) is -0.507. The number of carbonyl (C=O) groups excluding carboxylic acids is 1. The lowest BCUT2D eigenvalue weighted by atomic mass is 10.1. The highest BCUT2D eigenvalue weighted by Gasteiger charge is 2.20. The highest BCUT2D eigenvalue weighted by atomic mass is 16.2. The summed E-state index contributed by atoms with van der Waals surface area (Å²) in [5.41, 5.74) is 11.0. The van der Waals surface area contributed by atoms with Crippen molar-refractivity contribution in [1.29, 1.82) is 10.8 Å². The molecular formula is C16H34N8O. The first kappa shape index (κ1) is 21.0. The zero-order valence-electron chi connectivity index (χ0n) is 15.3. The first-order valence-corrected chi connectivity index (χ1v) is 9.07. The molecule has 0 spiro atoms. The summed E-state index contributed by atoms with van der Waals surface area (Å²) in [6.45, 7) is 4.04. The van der Waals surface area contributed by atoms with Gasteiger partial charge in [-0.05, 0) is 25.7 Å². The van der Waals surface area contributed by atoms with Crippen molar-refractivity contribution < 1.29 is 4.79 Å². The van der Waals surface area contributed by atoms with E-state index in [-0.39, 0.29) is 11.9 Å². The molecule has 0 aliphatic carbocycles. The third-order valence-corrected chi connectivity index (χ3v) is 4.36. The topological polar surface area (TPSA) is 147 Å². The molecule has 1 unspecified atom stereocenters. The van der Waals surface area contributed by atoms with E-state index in [1.807, 2.05) is 11.9 Å². The summed E-state index contributed by atoms with van der Waals surface area (Å²) in [6.07, 6.45) is 5.47. The van der Waals surface area contributed by atoms with Crippen LogP contribution in [0.15, 0.2) is 0 Å². The van der Waals surface area contributed by atoms with Crippen LogP contribution in [0.1, 0.15) is 38.5 Å². The van der Waals surface area contributed by atoms with E-state index in [2.05, 4.69) is 15.5 Å². The average molecular weight is 355 g/mol. The molecule has 9 heteroatoms. The van der Waals surface area contributed by atoms with Crippen LogP contribution in [0.25, 0.3) is 0 Å². The minimum absolute atomic E-state index is 0.0633. The second-order valence-electron chi connectivity index (χ2n) is 6.53. The molecule has 144 valence electrons. The van der Waals surface area contributed by atoms with Gasteiger partial charge in [-0.3, -0.25) is 15.6 Å². The van der Waals surface area contributed by atoms with Crippen LogP contribution in [0, 0.1) is 10.8 Å². The maximum atomic E-state index is 11.8. The highest BCUT2D eigenvalue weighted by molar-refractivity contribution is 5.81. The van der Waals surface area contributed by atoms with Crippen LogP contribution in [-0.4, -0.2) is 73.4 Å². The van der Waals surface area contributed by atoms with Crippen LogP contribution in [-0.2, 0) is 4.79 Å². The van der Waals surface area contributed by atoms with Crippen LogP contribution >= 0.6 is 0 Å². The van der Waals surface area contributed by atoms with Crippen molar-refractivity contribution in [1.82, 2.24) is 20.4 Å². The molecule has 0 saturated carbocycles. The summed E-state index contributed by atoms with van der Waals surface area (Å²) in [5, 5.41) is 20.5. The smallest absolute Gasteiger partial charge is 0.236 e. The van der Waals surface area contributed by atoms with E-state index in [4.69, 9.17) is 22.3 Å². The molecule has 9 nitrogen and oxygen atoms in total. The number of guanidine groups is 2. The molecule has 1 aliphatic heterocycles. The standard InChI is InChI=1S/C16H34N8O/c1-23-11-12-24(16(23)20)10-5-3-2-4-8-21-14(25)13(17)7-6-9-22-15(18)19/h13,20H,2-12,17H2,1H3,(H,21,25)(H4,18,19,22). The third kappa shape index (κ3) is 8.57. The molecule has 1 heterocycles. The molecular weight excluding hydrogens is 320 g/mol. The second-order valence-corrected chi connectivity index (χ2v) is 6.53. The maximum Gasteiger partial charge on any atom is 0.236 e. The van der Waals surface area contributed by atoms with Crippen molar-refractivity contribution in [3.8, 4) is 0 Å². The van der Waals surface area contributed by atoms with Crippen molar-refractivity contribution in [2.24, 2.45) is 11.5 Å². The summed E-state index contributed by atoms with van der Waals surface area (Å²) in [7, 11) is 1.95. The van der Waals surface area contributed by atoms with E-state index in [1.54, 1.807) is 0 Å². The summed E-state index contributed by atoms with van der Waals surface area (Å²) >= 11 is 0. The Kier molecular flexibility index (Phi) is 9.68. The predicted octanol–water partition coefficient (Wildman–Crippen LogP) is -0.564. The number of nitrogens with zero attached hydrogens (tertiary/aromatic N) is 2. The molecule has 1 amide bonds. The van der Waals surface area contributed by atoms with E-state index in [0.29, 0.717) is 31.9 Å². The lowest BCUT2D eigenvalue weighted by Gasteiger charge is -2.18. The summed E-state index contributed by atoms with van der Waals surface area (Å²) < 4.78 is 0. The van der Waals surface area contributed by atoms with Crippen LogP contribution in [0.4, 0.5) is 0 Å². The van der Waals surface area contributed by atoms with Gasteiger partial charge in [-0.1, -0.05) is 12.8 Å². The quantitative estimate of drug-likeness (QED) is 0.157. The first-order valence-electron chi connectivity index (χ1n) is 9.07.